The number of nitrogens with zero attached hydrogens (tertiary/aromatic N) is 4. The Morgan fingerprint density at radius 1 is 1.32 bits per heavy atom. The summed E-state index contributed by atoms with van der Waals surface area (Å²) in [7, 11) is 1.76. The second-order valence-corrected chi connectivity index (χ2v) is 7.20. The molecule has 1 aromatic carbocycles. The van der Waals surface area contributed by atoms with Crippen molar-refractivity contribution in [3.63, 3.8) is 0 Å². The lowest BCUT2D eigenvalue weighted by Crippen LogP contribution is -2.45. The maximum Gasteiger partial charge on any atom is 0.191 e. The fourth-order valence-corrected chi connectivity index (χ4v) is 3.81. The van der Waals surface area contributed by atoms with Crippen molar-refractivity contribution in [2.24, 2.45) is 4.99 Å². The zero-order valence-electron chi connectivity index (χ0n) is 16.9. The highest BCUT2D eigenvalue weighted by Gasteiger charge is 2.19. The minimum Gasteiger partial charge on any atom is -0.355 e. The number of hydrogen-bond donors (Lipinski definition) is 2. The molecule has 6 nitrogen and oxygen atoms in total. The van der Waals surface area contributed by atoms with E-state index in [4.69, 9.17) is 0 Å². The van der Waals surface area contributed by atoms with Crippen molar-refractivity contribution < 1.29 is 4.39 Å². The lowest BCUT2D eigenvalue weighted by Gasteiger charge is -2.35. The van der Waals surface area contributed by atoms with Crippen molar-refractivity contribution in [2.45, 2.75) is 45.2 Å². The largest absolute Gasteiger partial charge is 0.355 e. The molecule has 2 aromatic rings. The van der Waals surface area contributed by atoms with E-state index in [1.165, 1.54) is 32.2 Å². The van der Waals surface area contributed by atoms with Gasteiger partial charge in [0.05, 0.1) is 12.0 Å². The molecule has 0 aliphatic carbocycles. The zero-order valence-corrected chi connectivity index (χ0v) is 16.9. The number of aromatic nitrogens is 2. The highest BCUT2D eigenvalue weighted by atomic mass is 19.1. The molecule has 2 N–H and O–H groups in total. The van der Waals surface area contributed by atoms with Crippen LogP contribution in [0.25, 0.3) is 5.69 Å². The van der Waals surface area contributed by atoms with Gasteiger partial charge in [-0.25, -0.2) is 9.37 Å². The molecule has 0 saturated carbocycles. The summed E-state index contributed by atoms with van der Waals surface area (Å²) in [5.41, 5.74) is 1.36. The van der Waals surface area contributed by atoms with Gasteiger partial charge in [-0.1, -0.05) is 19.4 Å². The predicted molar refractivity (Wildman–Crippen MR) is 111 cm³/mol. The van der Waals surface area contributed by atoms with Crippen molar-refractivity contribution in [3.05, 3.63) is 48.3 Å². The van der Waals surface area contributed by atoms with Gasteiger partial charge >= 0.3 is 0 Å². The molecule has 152 valence electrons. The summed E-state index contributed by atoms with van der Waals surface area (Å²) in [4.78, 5) is 10.8. The molecule has 0 amide bonds. The van der Waals surface area contributed by atoms with E-state index in [2.05, 4.69) is 32.4 Å². The van der Waals surface area contributed by atoms with E-state index in [0.29, 0.717) is 18.3 Å². The molecule has 1 aliphatic rings. The highest BCUT2D eigenvalue weighted by molar-refractivity contribution is 5.79. The van der Waals surface area contributed by atoms with Gasteiger partial charge in [0, 0.05) is 45.1 Å². The SMILES string of the molecule is CCC1CCCCN1CCNC(=NC)NCc1ccc(-n2ccnc2)c(F)c1. The summed E-state index contributed by atoms with van der Waals surface area (Å²) in [6, 6.07) is 5.95. The Balaban J connectivity index is 1.47. The molecule has 0 bridgehead atoms. The Labute approximate surface area is 166 Å². The Hall–Kier alpha value is -2.41. The lowest BCUT2D eigenvalue weighted by molar-refractivity contribution is 0.147. The smallest absolute Gasteiger partial charge is 0.191 e. The van der Waals surface area contributed by atoms with Crippen LogP contribution in [0.3, 0.4) is 0 Å². The maximum absolute atomic E-state index is 14.4. The topological polar surface area (TPSA) is 57.5 Å². The van der Waals surface area contributed by atoms with E-state index in [9.17, 15) is 4.39 Å². The molecular weight excluding hydrogens is 355 g/mol. The van der Waals surface area contributed by atoms with E-state index in [-0.39, 0.29) is 5.82 Å². The van der Waals surface area contributed by atoms with Gasteiger partial charge in [-0.15, -0.1) is 0 Å². The maximum atomic E-state index is 14.4. The monoisotopic (exact) mass is 386 g/mol. The standard InChI is InChI=1S/C21H31FN6/c1-3-18-6-4-5-11-27(18)13-10-25-21(23-2)26-15-17-7-8-20(19(22)14-17)28-12-9-24-16-28/h7-9,12,14,16,18H,3-6,10-11,13,15H2,1-2H3,(H2,23,25,26). The average molecular weight is 387 g/mol. The Morgan fingerprint density at radius 2 is 2.21 bits per heavy atom. The average Bonchev–Trinajstić information content (AvgIpc) is 3.25. The Morgan fingerprint density at radius 3 is 2.93 bits per heavy atom. The fourth-order valence-electron chi connectivity index (χ4n) is 3.81. The number of aliphatic imine (C=N–C) groups is 1. The third-order valence-corrected chi connectivity index (χ3v) is 5.39. The number of nitrogens with one attached hydrogen (secondary N) is 2. The van der Waals surface area contributed by atoms with Crippen LogP contribution in [0.15, 0.2) is 41.9 Å². The summed E-state index contributed by atoms with van der Waals surface area (Å²) in [6.07, 6.45) is 10.1. The van der Waals surface area contributed by atoms with Crippen LogP contribution in [0.4, 0.5) is 4.39 Å². The minimum absolute atomic E-state index is 0.268. The van der Waals surface area contributed by atoms with Crippen LogP contribution in [-0.4, -0.2) is 53.1 Å². The molecule has 28 heavy (non-hydrogen) atoms. The first-order valence-electron chi connectivity index (χ1n) is 10.2. The van der Waals surface area contributed by atoms with Crippen molar-refractivity contribution >= 4 is 5.96 Å². The molecule has 0 radical (unpaired) electrons. The van der Waals surface area contributed by atoms with Crippen LogP contribution >= 0.6 is 0 Å². The number of likely N-dealkylation sites (tertiary alicyclic amines) is 1. The molecule has 2 heterocycles. The molecule has 7 heteroatoms. The molecule has 3 rings (SSSR count). The Bertz CT molecular complexity index is 758. The molecule has 1 fully saturated rings. The number of guanidine groups is 1. The normalized spacial score (nSPS) is 18.2. The van der Waals surface area contributed by atoms with Gasteiger partial charge in [0.2, 0.25) is 0 Å². The third kappa shape index (κ3) is 5.32. The van der Waals surface area contributed by atoms with Crippen molar-refractivity contribution in [2.75, 3.05) is 26.7 Å². The van der Waals surface area contributed by atoms with Gasteiger partial charge in [-0.2, -0.15) is 0 Å². The predicted octanol–water partition coefficient (Wildman–Crippen LogP) is 2.94. The van der Waals surface area contributed by atoms with Gasteiger partial charge in [0.15, 0.2) is 5.96 Å². The van der Waals surface area contributed by atoms with Gasteiger partial charge in [-0.05, 0) is 43.5 Å². The van der Waals surface area contributed by atoms with Crippen LogP contribution in [0, 0.1) is 5.82 Å². The van der Waals surface area contributed by atoms with Crippen molar-refractivity contribution in [1.82, 2.24) is 25.1 Å². The highest BCUT2D eigenvalue weighted by Crippen LogP contribution is 2.18. The van der Waals surface area contributed by atoms with E-state index in [1.54, 1.807) is 42.5 Å². The summed E-state index contributed by atoms with van der Waals surface area (Å²) >= 11 is 0. The molecule has 1 saturated heterocycles. The van der Waals surface area contributed by atoms with Crippen molar-refractivity contribution in [1.29, 1.82) is 0 Å². The molecular formula is C21H31FN6. The molecule has 1 aromatic heterocycles. The number of imidazole rings is 1. The van der Waals surface area contributed by atoms with Crippen LogP contribution < -0.4 is 10.6 Å². The van der Waals surface area contributed by atoms with Crippen LogP contribution in [-0.2, 0) is 6.54 Å². The first-order chi connectivity index (χ1) is 13.7. The lowest BCUT2D eigenvalue weighted by atomic mass is 10.0. The molecule has 1 unspecified atom stereocenters. The fraction of sp³-hybridized carbons (Fsp3) is 0.524. The number of hydrogen-bond acceptors (Lipinski definition) is 3. The number of halogens is 1. The minimum atomic E-state index is -0.268. The molecule has 1 aliphatic heterocycles. The van der Waals surface area contributed by atoms with E-state index in [0.717, 1.165) is 24.6 Å². The van der Waals surface area contributed by atoms with Gasteiger partial charge in [-0.3, -0.25) is 9.89 Å². The summed E-state index contributed by atoms with van der Waals surface area (Å²) in [5.74, 6) is 0.472. The summed E-state index contributed by atoms with van der Waals surface area (Å²) in [6.45, 7) is 5.85. The van der Waals surface area contributed by atoms with Crippen LogP contribution in [0.2, 0.25) is 0 Å². The van der Waals surface area contributed by atoms with Gasteiger partial charge in [0.1, 0.15) is 5.82 Å². The number of rotatable bonds is 7. The first-order valence-corrected chi connectivity index (χ1v) is 10.2. The van der Waals surface area contributed by atoms with Crippen LogP contribution in [0.1, 0.15) is 38.2 Å². The number of piperidine rings is 1. The quantitative estimate of drug-likeness (QED) is 0.567. The van der Waals surface area contributed by atoms with Gasteiger partial charge in [0.25, 0.3) is 0 Å². The van der Waals surface area contributed by atoms with E-state index >= 15 is 0 Å². The second-order valence-electron chi connectivity index (χ2n) is 7.20. The van der Waals surface area contributed by atoms with E-state index < -0.39 is 0 Å². The first kappa shape index (κ1) is 20.3. The summed E-state index contributed by atoms with van der Waals surface area (Å²) < 4.78 is 16.0. The van der Waals surface area contributed by atoms with E-state index in [1.807, 2.05) is 6.07 Å². The molecule has 1 atom stereocenters. The molecule has 0 spiro atoms. The summed E-state index contributed by atoms with van der Waals surface area (Å²) in [5, 5.41) is 6.64. The van der Waals surface area contributed by atoms with Crippen LogP contribution in [0.5, 0.6) is 0 Å². The second kappa shape index (κ2) is 10.2. The third-order valence-electron chi connectivity index (χ3n) is 5.39. The zero-order chi connectivity index (χ0) is 19.8. The Kier molecular flexibility index (Phi) is 7.42. The van der Waals surface area contributed by atoms with Gasteiger partial charge < -0.3 is 15.2 Å². The van der Waals surface area contributed by atoms with Crippen molar-refractivity contribution in [3.8, 4) is 5.69 Å². The number of benzene rings is 1.